The summed E-state index contributed by atoms with van der Waals surface area (Å²) in [5.74, 6) is 1.49. The van der Waals surface area contributed by atoms with Crippen molar-refractivity contribution in [2.45, 2.75) is 0 Å². The van der Waals surface area contributed by atoms with Gasteiger partial charge in [-0.3, -0.25) is 0 Å². The standard InChI is InChI=1S/C18H16O2/c1-19-17-11-10-14(12-18(17)20-2)16-9-5-7-13-6-3-4-8-15(13)16/h3-12H,1-2H3. The number of methoxy groups -OCH3 is 2. The van der Waals surface area contributed by atoms with Gasteiger partial charge in [-0.25, -0.2) is 0 Å². The molecule has 0 saturated carbocycles. The van der Waals surface area contributed by atoms with Crippen LogP contribution in [0.1, 0.15) is 0 Å². The van der Waals surface area contributed by atoms with Crippen LogP contribution in [0.4, 0.5) is 0 Å². The Morgan fingerprint density at radius 3 is 2.25 bits per heavy atom. The van der Waals surface area contributed by atoms with Crippen molar-refractivity contribution in [3.05, 3.63) is 60.7 Å². The highest BCUT2D eigenvalue weighted by atomic mass is 16.5. The summed E-state index contributed by atoms with van der Waals surface area (Å²) in [6.45, 7) is 0. The predicted molar refractivity (Wildman–Crippen MR) is 82.5 cm³/mol. The van der Waals surface area contributed by atoms with Gasteiger partial charge in [-0.15, -0.1) is 0 Å². The van der Waals surface area contributed by atoms with Crippen molar-refractivity contribution in [2.75, 3.05) is 14.2 Å². The molecule has 0 fully saturated rings. The maximum Gasteiger partial charge on any atom is 0.161 e. The third-order valence-corrected chi connectivity index (χ3v) is 3.48. The number of hydrogen-bond donors (Lipinski definition) is 0. The monoisotopic (exact) mass is 264 g/mol. The van der Waals surface area contributed by atoms with E-state index in [0.717, 1.165) is 17.1 Å². The zero-order valence-corrected chi connectivity index (χ0v) is 11.6. The van der Waals surface area contributed by atoms with Gasteiger partial charge in [0.15, 0.2) is 11.5 Å². The molecular weight excluding hydrogens is 248 g/mol. The van der Waals surface area contributed by atoms with Crippen LogP contribution in [0.3, 0.4) is 0 Å². The molecule has 3 aromatic rings. The first kappa shape index (κ1) is 12.5. The molecule has 20 heavy (non-hydrogen) atoms. The fourth-order valence-electron chi connectivity index (χ4n) is 2.48. The fraction of sp³-hybridized carbons (Fsp3) is 0.111. The Balaban J connectivity index is 2.21. The molecule has 100 valence electrons. The lowest BCUT2D eigenvalue weighted by atomic mass is 9.98. The van der Waals surface area contributed by atoms with Crippen molar-refractivity contribution in [3.8, 4) is 22.6 Å². The minimum absolute atomic E-state index is 0.747. The van der Waals surface area contributed by atoms with E-state index in [1.807, 2.05) is 12.1 Å². The van der Waals surface area contributed by atoms with Gasteiger partial charge in [0.05, 0.1) is 14.2 Å². The van der Waals surface area contributed by atoms with Crippen LogP contribution in [0.2, 0.25) is 0 Å². The molecule has 2 nitrogen and oxygen atoms in total. The van der Waals surface area contributed by atoms with Gasteiger partial charge in [0.1, 0.15) is 0 Å². The van der Waals surface area contributed by atoms with Crippen LogP contribution in [-0.4, -0.2) is 14.2 Å². The number of ether oxygens (including phenoxy) is 2. The Morgan fingerprint density at radius 1 is 0.700 bits per heavy atom. The highest BCUT2D eigenvalue weighted by molar-refractivity contribution is 5.96. The van der Waals surface area contributed by atoms with Crippen LogP contribution in [0.15, 0.2) is 60.7 Å². The van der Waals surface area contributed by atoms with Gasteiger partial charge in [0, 0.05) is 0 Å². The molecule has 0 saturated heterocycles. The van der Waals surface area contributed by atoms with Crippen LogP contribution in [-0.2, 0) is 0 Å². The molecular formula is C18H16O2. The largest absolute Gasteiger partial charge is 0.493 e. The molecule has 0 aliphatic carbocycles. The quantitative estimate of drug-likeness (QED) is 0.692. The second-order valence-electron chi connectivity index (χ2n) is 4.60. The zero-order valence-electron chi connectivity index (χ0n) is 11.6. The molecule has 0 N–H and O–H groups in total. The fourth-order valence-corrected chi connectivity index (χ4v) is 2.48. The first-order valence-corrected chi connectivity index (χ1v) is 6.53. The van der Waals surface area contributed by atoms with E-state index in [2.05, 4.69) is 48.5 Å². The van der Waals surface area contributed by atoms with Crippen LogP contribution >= 0.6 is 0 Å². The summed E-state index contributed by atoms with van der Waals surface area (Å²) in [5, 5.41) is 2.47. The molecule has 2 heteroatoms. The van der Waals surface area contributed by atoms with E-state index < -0.39 is 0 Å². The minimum atomic E-state index is 0.747. The smallest absolute Gasteiger partial charge is 0.161 e. The van der Waals surface area contributed by atoms with Crippen LogP contribution in [0, 0.1) is 0 Å². The summed E-state index contributed by atoms with van der Waals surface area (Å²) in [6, 6.07) is 20.7. The summed E-state index contributed by atoms with van der Waals surface area (Å²) in [6.07, 6.45) is 0. The molecule has 0 spiro atoms. The summed E-state index contributed by atoms with van der Waals surface area (Å²) >= 11 is 0. The van der Waals surface area contributed by atoms with Crippen molar-refractivity contribution >= 4 is 10.8 Å². The van der Waals surface area contributed by atoms with Crippen molar-refractivity contribution in [1.29, 1.82) is 0 Å². The lowest BCUT2D eigenvalue weighted by Gasteiger charge is -2.11. The lowest BCUT2D eigenvalue weighted by molar-refractivity contribution is 0.355. The summed E-state index contributed by atoms with van der Waals surface area (Å²) in [7, 11) is 3.31. The SMILES string of the molecule is COc1ccc(-c2cccc3ccccc23)cc1OC. The molecule has 0 radical (unpaired) electrons. The van der Waals surface area contributed by atoms with Gasteiger partial charge in [-0.05, 0) is 34.0 Å². The van der Waals surface area contributed by atoms with Gasteiger partial charge in [-0.2, -0.15) is 0 Å². The second kappa shape index (κ2) is 5.25. The third kappa shape index (κ3) is 2.10. The van der Waals surface area contributed by atoms with Crippen LogP contribution in [0.25, 0.3) is 21.9 Å². The van der Waals surface area contributed by atoms with E-state index >= 15 is 0 Å². The summed E-state index contributed by atoms with van der Waals surface area (Å²) in [5.41, 5.74) is 2.32. The first-order chi connectivity index (χ1) is 9.83. The number of rotatable bonds is 3. The maximum absolute atomic E-state index is 5.39. The zero-order chi connectivity index (χ0) is 13.9. The Bertz CT molecular complexity index is 742. The topological polar surface area (TPSA) is 18.5 Å². The highest BCUT2D eigenvalue weighted by Crippen LogP contribution is 2.35. The number of hydrogen-bond acceptors (Lipinski definition) is 2. The summed E-state index contributed by atoms with van der Waals surface area (Å²) < 4.78 is 10.7. The minimum Gasteiger partial charge on any atom is -0.493 e. The summed E-state index contributed by atoms with van der Waals surface area (Å²) in [4.78, 5) is 0. The van der Waals surface area contributed by atoms with Gasteiger partial charge < -0.3 is 9.47 Å². The third-order valence-electron chi connectivity index (χ3n) is 3.48. The average molecular weight is 264 g/mol. The van der Waals surface area contributed by atoms with Gasteiger partial charge in [0.25, 0.3) is 0 Å². The molecule has 0 aliphatic rings. The molecule has 0 bridgehead atoms. The van der Waals surface area contributed by atoms with Gasteiger partial charge in [0.2, 0.25) is 0 Å². The molecule has 0 unspecified atom stereocenters. The number of benzene rings is 3. The molecule has 0 atom stereocenters. The Hall–Kier alpha value is -2.48. The lowest BCUT2D eigenvalue weighted by Crippen LogP contribution is -1.91. The van der Waals surface area contributed by atoms with E-state index in [1.165, 1.54) is 16.3 Å². The van der Waals surface area contributed by atoms with Crippen LogP contribution in [0.5, 0.6) is 11.5 Å². The molecule has 0 aliphatic heterocycles. The van der Waals surface area contributed by atoms with Crippen molar-refractivity contribution in [3.63, 3.8) is 0 Å². The first-order valence-electron chi connectivity index (χ1n) is 6.53. The van der Waals surface area contributed by atoms with E-state index in [-0.39, 0.29) is 0 Å². The Kier molecular flexibility index (Phi) is 3.30. The van der Waals surface area contributed by atoms with E-state index in [4.69, 9.17) is 9.47 Å². The Labute approximate surface area is 118 Å². The normalized spacial score (nSPS) is 10.5. The van der Waals surface area contributed by atoms with Gasteiger partial charge >= 0.3 is 0 Å². The maximum atomic E-state index is 5.39. The molecule has 0 heterocycles. The predicted octanol–water partition coefficient (Wildman–Crippen LogP) is 4.52. The molecule has 3 rings (SSSR count). The van der Waals surface area contributed by atoms with Gasteiger partial charge in [-0.1, -0.05) is 48.5 Å². The molecule has 3 aromatic carbocycles. The molecule has 0 aromatic heterocycles. The van der Waals surface area contributed by atoms with Crippen molar-refractivity contribution in [2.24, 2.45) is 0 Å². The Morgan fingerprint density at radius 2 is 1.45 bits per heavy atom. The van der Waals surface area contributed by atoms with Crippen molar-refractivity contribution in [1.82, 2.24) is 0 Å². The highest BCUT2D eigenvalue weighted by Gasteiger charge is 2.08. The second-order valence-corrected chi connectivity index (χ2v) is 4.60. The number of fused-ring (bicyclic) bond motifs is 1. The van der Waals surface area contributed by atoms with Crippen molar-refractivity contribution < 1.29 is 9.47 Å². The van der Waals surface area contributed by atoms with E-state index in [9.17, 15) is 0 Å². The van der Waals surface area contributed by atoms with E-state index in [0.29, 0.717) is 0 Å². The van der Waals surface area contributed by atoms with Crippen LogP contribution < -0.4 is 9.47 Å². The van der Waals surface area contributed by atoms with E-state index in [1.54, 1.807) is 14.2 Å². The average Bonchev–Trinajstić information content (AvgIpc) is 2.53. The molecule has 0 amide bonds.